The van der Waals surface area contributed by atoms with Gasteiger partial charge in [-0.15, -0.1) is 0 Å². The zero-order valence-electron chi connectivity index (χ0n) is 11.5. The first-order valence-electron chi connectivity index (χ1n) is 6.24. The lowest BCUT2D eigenvalue weighted by Crippen LogP contribution is -2.29. The minimum Gasteiger partial charge on any atom is -0.502 e. The lowest BCUT2D eigenvalue weighted by atomic mass is 9.90. The fourth-order valence-electron chi connectivity index (χ4n) is 1.84. The van der Waals surface area contributed by atoms with Crippen molar-refractivity contribution in [1.29, 1.82) is 0 Å². The van der Waals surface area contributed by atoms with Gasteiger partial charge in [0, 0.05) is 36.3 Å². The van der Waals surface area contributed by atoms with Gasteiger partial charge in [0.1, 0.15) is 0 Å². The van der Waals surface area contributed by atoms with Gasteiger partial charge in [-0.05, 0) is 17.9 Å². The molecule has 112 valence electrons. The quantitative estimate of drug-likeness (QED) is 0.531. The van der Waals surface area contributed by atoms with Crippen LogP contribution in [0.2, 0.25) is 5.02 Å². The number of nitrogens with zero attached hydrogens (tertiary/aromatic N) is 1. The maximum Gasteiger partial charge on any atom is 0.312 e. The number of phenolic OH excluding ortho intramolecular Hbond substituents is 1. The zero-order valence-corrected chi connectivity index (χ0v) is 12.3. The summed E-state index contributed by atoms with van der Waals surface area (Å²) in [6, 6.07) is 2.62. The van der Waals surface area contributed by atoms with E-state index in [2.05, 4.69) is 5.32 Å². The minimum atomic E-state index is -0.666. The van der Waals surface area contributed by atoms with Crippen molar-refractivity contribution >= 4 is 17.3 Å². The number of halogens is 1. The van der Waals surface area contributed by atoms with E-state index in [-0.39, 0.29) is 29.3 Å². The number of nitrogens with one attached hydrogen (secondary N) is 1. The number of phenols is 1. The maximum absolute atomic E-state index is 10.8. The topological polar surface area (TPSA) is 95.6 Å². The van der Waals surface area contributed by atoms with Gasteiger partial charge in [0.15, 0.2) is 5.75 Å². The lowest BCUT2D eigenvalue weighted by Gasteiger charge is -2.24. The van der Waals surface area contributed by atoms with Crippen molar-refractivity contribution in [1.82, 2.24) is 5.32 Å². The number of hydrogen-bond donors (Lipinski definition) is 3. The highest BCUT2D eigenvalue weighted by atomic mass is 35.5. The Hall–Kier alpha value is -1.37. The van der Waals surface area contributed by atoms with Crippen molar-refractivity contribution in [3.05, 3.63) is 32.8 Å². The summed E-state index contributed by atoms with van der Waals surface area (Å²) in [4.78, 5) is 10.1. The van der Waals surface area contributed by atoms with Crippen molar-refractivity contribution in [3.63, 3.8) is 0 Å². The monoisotopic (exact) mass is 302 g/mol. The van der Waals surface area contributed by atoms with Crippen LogP contribution in [0.15, 0.2) is 12.1 Å². The van der Waals surface area contributed by atoms with Crippen molar-refractivity contribution in [3.8, 4) is 5.75 Å². The molecule has 0 aliphatic rings. The van der Waals surface area contributed by atoms with Crippen LogP contribution < -0.4 is 5.32 Å². The summed E-state index contributed by atoms with van der Waals surface area (Å²) in [5.74, 6) is -0.369. The molecule has 0 heterocycles. The van der Waals surface area contributed by atoms with E-state index in [0.29, 0.717) is 18.5 Å². The number of nitro benzene ring substituents is 1. The summed E-state index contributed by atoms with van der Waals surface area (Å²) in [5, 5.41) is 32.9. The summed E-state index contributed by atoms with van der Waals surface area (Å²) >= 11 is 5.81. The van der Waals surface area contributed by atoms with E-state index < -0.39 is 10.6 Å². The molecule has 1 aromatic carbocycles. The summed E-state index contributed by atoms with van der Waals surface area (Å²) in [7, 11) is 0. The van der Waals surface area contributed by atoms with Crippen LogP contribution in [-0.2, 0) is 6.54 Å². The molecule has 0 saturated heterocycles. The zero-order chi connectivity index (χ0) is 15.3. The predicted molar refractivity (Wildman–Crippen MR) is 77.0 cm³/mol. The number of aliphatic hydroxyl groups is 1. The maximum atomic E-state index is 10.8. The molecular formula is C13H19ClN2O4. The highest BCUT2D eigenvalue weighted by Crippen LogP contribution is 2.33. The number of hydrogen-bond acceptors (Lipinski definition) is 5. The van der Waals surface area contributed by atoms with Crippen LogP contribution in [0.1, 0.15) is 25.8 Å². The van der Waals surface area contributed by atoms with Crippen molar-refractivity contribution < 1.29 is 15.1 Å². The fraction of sp³-hybridized carbons (Fsp3) is 0.538. The molecule has 0 unspecified atom stereocenters. The first kappa shape index (κ1) is 16.7. The highest BCUT2D eigenvalue weighted by molar-refractivity contribution is 6.31. The first-order valence-corrected chi connectivity index (χ1v) is 6.62. The van der Waals surface area contributed by atoms with Gasteiger partial charge < -0.3 is 15.5 Å². The molecule has 0 radical (unpaired) electrons. The Bertz CT molecular complexity index is 492. The third-order valence-corrected chi connectivity index (χ3v) is 3.26. The minimum absolute atomic E-state index is 0.0998. The Kier molecular flexibility index (Phi) is 5.74. The molecule has 0 saturated carbocycles. The number of benzene rings is 1. The first-order chi connectivity index (χ1) is 9.26. The molecule has 1 rings (SSSR count). The molecule has 0 spiro atoms. The van der Waals surface area contributed by atoms with E-state index in [1.54, 1.807) is 0 Å². The molecule has 0 aliphatic carbocycles. The average Bonchev–Trinajstić information content (AvgIpc) is 2.32. The van der Waals surface area contributed by atoms with Crippen LogP contribution in [0.25, 0.3) is 0 Å². The Morgan fingerprint density at radius 3 is 2.65 bits per heavy atom. The summed E-state index contributed by atoms with van der Waals surface area (Å²) in [6.07, 6.45) is 0.641. The Morgan fingerprint density at radius 1 is 1.45 bits per heavy atom. The molecular weight excluding hydrogens is 284 g/mol. The third-order valence-electron chi connectivity index (χ3n) is 3.04. The number of aromatic hydroxyl groups is 1. The third kappa shape index (κ3) is 4.63. The van der Waals surface area contributed by atoms with Gasteiger partial charge in [-0.3, -0.25) is 10.1 Å². The van der Waals surface area contributed by atoms with E-state index in [0.717, 1.165) is 6.07 Å². The van der Waals surface area contributed by atoms with E-state index in [9.17, 15) is 15.2 Å². The van der Waals surface area contributed by atoms with Gasteiger partial charge in [0.2, 0.25) is 0 Å². The molecule has 0 aliphatic heterocycles. The summed E-state index contributed by atoms with van der Waals surface area (Å²) in [6.45, 7) is 4.96. The Morgan fingerprint density at radius 2 is 2.10 bits per heavy atom. The highest BCUT2D eigenvalue weighted by Gasteiger charge is 2.20. The standard InChI is InChI=1S/C13H19ClN2O4/c1-13(2,3-4-17)8-15-7-9-5-10(14)6-11(12(9)18)16(19)20/h5-6,15,17-18H,3-4,7-8H2,1-2H3. The molecule has 20 heavy (non-hydrogen) atoms. The van der Waals surface area contributed by atoms with Crippen LogP contribution in [0, 0.1) is 15.5 Å². The molecule has 7 heteroatoms. The van der Waals surface area contributed by atoms with Crippen LogP contribution in [0.4, 0.5) is 5.69 Å². The molecule has 0 bridgehead atoms. The summed E-state index contributed by atoms with van der Waals surface area (Å²) in [5.41, 5.74) is -0.123. The van der Waals surface area contributed by atoms with Gasteiger partial charge in [-0.25, -0.2) is 0 Å². The van der Waals surface area contributed by atoms with E-state index in [1.807, 2.05) is 13.8 Å². The SMILES string of the molecule is CC(C)(CCO)CNCc1cc(Cl)cc([N+](=O)[O-])c1O. The molecule has 0 fully saturated rings. The Balaban J connectivity index is 2.76. The molecule has 0 aromatic heterocycles. The van der Waals surface area contributed by atoms with Crippen molar-refractivity contribution in [2.75, 3.05) is 13.2 Å². The second-order valence-electron chi connectivity index (χ2n) is 5.43. The number of rotatable bonds is 7. The molecule has 1 aromatic rings. The fourth-order valence-corrected chi connectivity index (χ4v) is 2.08. The van der Waals surface area contributed by atoms with Crippen LogP contribution in [0.3, 0.4) is 0 Å². The van der Waals surface area contributed by atoms with E-state index in [4.69, 9.17) is 16.7 Å². The molecule has 0 amide bonds. The van der Waals surface area contributed by atoms with Gasteiger partial charge in [-0.1, -0.05) is 25.4 Å². The average molecular weight is 303 g/mol. The van der Waals surface area contributed by atoms with E-state index >= 15 is 0 Å². The molecule has 0 atom stereocenters. The van der Waals surface area contributed by atoms with Crippen LogP contribution in [-0.4, -0.2) is 28.3 Å². The van der Waals surface area contributed by atoms with Gasteiger partial charge in [-0.2, -0.15) is 0 Å². The number of nitro groups is 1. The van der Waals surface area contributed by atoms with Gasteiger partial charge in [0.25, 0.3) is 0 Å². The second kappa shape index (κ2) is 6.88. The van der Waals surface area contributed by atoms with Crippen molar-refractivity contribution in [2.45, 2.75) is 26.8 Å². The molecule has 3 N–H and O–H groups in total. The van der Waals surface area contributed by atoms with Crippen LogP contribution in [0.5, 0.6) is 5.75 Å². The lowest BCUT2D eigenvalue weighted by molar-refractivity contribution is -0.385. The number of aliphatic hydroxyl groups excluding tert-OH is 1. The normalized spacial score (nSPS) is 11.6. The second-order valence-corrected chi connectivity index (χ2v) is 5.87. The molecule has 6 nitrogen and oxygen atoms in total. The van der Waals surface area contributed by atoms with Gasteiger partial charge in [0.05, 0.1) is 4.92 Å². The Labute approximate surface area is 122 Å². The summed E-state index contributed by atoms with van der Waals surface area (Å²) < 4.78 is 0. The van der Waals surface area contributed by atoms with Gasteiger partial charge >= 0.3 is 5.69 Å². The largest absolute Gasteiger partial charge is 0.502 e. The smallest absolute Gasteiger partial charge is 0.312 e. The van der Waals surface area contributed by atoms with Crippen molar-refractivity contribution in [2.24, 2.45) is 5.41 Å². The predicted octanol–water partition coefficient (Wildman–Crippen LogP) is 2.45. The van der Waals surface area contributed by atoms with E-state index in [1.165, 1.54) is 6.07 Å². The van der Waals surface area contributed by atoms with Crippen LogP contribution >= 0.6 is 11.6 Å².